The van der Waals surface area contributed by atoms with Crippen molar-refractivity contribution in [1.82, 2.24) is 4.98 Å². The molecule has 0 fully saturated rings. The van der Waals surface area contributed by atoms with Crippen molar-refractivity contribution < 1.29 is 0 Å². The maximum Gasteiger partial charge on any atom is 0.0661 e. The van der Waals surface area contributed by atoms with Gasteiger partial charge in [0, 0.05) is 30.1 Å². The number of fused-ring (bicyclic) bond motifs is 1. The molecular formula is C15H13ClN2. The molecule has 0 saturated heterocycles. The number of hydrogen-bond acceptors (Lipinski definition) is 2. The minimum absolute atomic E-state index is 0.801. The summed E-state index contributed by atoms with van der Waals surface area (Å²) in [6, 6.07) is 8.16. The fourth-order valence-electron chi connectivity index (χ4n) is 2.21. The van der Waals surface area contributed by atoms with Crippen LogP contribution in [0.25, 0.3) is 0 Å². The van der Waals surface area contributed by atoms with Crippen molar-refractivity contribution in [2.24, 2.45) is 4.99 Å². The standard InChI is InChI=1S/C15H13ClN2/c16-14-8-12-4-2-6-18-15(12)9-13(14)7-11-3-1-5-17-10-11/h1,3,5-6,8-10H,2,4,7H2. The number of rotatable bonds is 2. The zero-order valence-corrected chi connectivity index (χ0v) is 10.7. The molecule has 90 valence electrons. The van der Waals surface area contributed by atoms with Gasteiger partial charge in [-0.3, -0.25) is 9.98 Å². The van der Waals surface area contributed by atoms with Crippen LogP contribution in [0.3, 0.4) is 0 Å². The van der Waals surface area contributed by atoms with Crippen molar-refractivity contribution in [2.45, 2.75) is 19.3 Å². The number of aliphatic imine (C=N–C) groups is 1. The Morgan fingerprint density at radius 2 is 2.22 bits per heavy atom. The highest BCUT2D eigenvalue weighted by molar-refractivity contribution is 6.31. The van der Waals surface area contributed by atoms with Crippen LogP contribution in [0.5, 0.6) is 0 Å². The Morgan fingerprint density at radius 1 is 1.28 bits per heavy atom. The molecule has 0 bridgehead atoms. The van der Waals surface area contributed by atoms with Crippen molar-refractivity contribution in [3.63, 3.8) is 0 Å². The molecule has 0 atom stereocenters. The molecule has 3 heteroatoms. The van der Waals surface area contributed by atoms with E-state index in [1.807, 2.05) is 18.5 Å². The lowest BCUT2D eigenvalue weighted by atomic mass is 9.99. The summed E-state index contributed by atoms with van der Waals surface area (Å²) in [7, 11) is 0. The first-order chi connectivity index (χ1) is 8.83. The van der Waals surface area contributed by atoms with Crippen LogP contribution in [0.15, 0.2) is 41.7 Å². The van der Waals surface area contributed by atoms with Crippen LogP contribution in [-0.2, 0) is 12.8 Å². The van der Waals surface area contributed by atoms with Crippen molar-refractivity contribution in [1.29, 1.82) is 0 Å². The molecule has 0 amide bonds. The normalized spacial score (nSPS) is 13.4. The Balaban J connectivity index is 1.96. The van der Waals surface area contributed by atoms with E-state index < -0.39 is 0 Å². The summed E-state index contributed by atoms with van der Waals surface area (Å²) in [5.41, 5.74) is 4.59. The third kappa shape index (κ3) is 2.29. The molecular weight excluding hydrogens is 244 g/mol. The average Bonchev–Trinajstić information content (AvgIpc) is 2.41. The van der Waals surface area contributed by atoms with Gasteiger partial charge in [-0.05, 0) is 47.7 Å². The number of benzene rings is 1. The first-order valence-electron chi connectivity index (χ1n) is 6.05. The summed E-state index contributed by atoms with van der Waals surface area (Å²) < 4.78 is 0. The summed E-state index contributed by atoms with van der Waals surface area (Å²) in [5, 5.41) is 0.828. The number of pyridine rings is 1. The van der Waals surface area contributed by atoms with Crippen molar-refractivity contribution >= 4 is 23.5 Å². The zero-order valence-electron chi connectivity index (χ0n) is 9.94. The minimum atomic E-state index is 0.801. The number of aryl methyl sites for hydroxylation is 1. The molecule has 0 spiro atoms. The van der Waals surface area contributed by atoms with Gasteiger partial charge in [0.15, 0.2) is 0 Å². The molecule has 2 nitrogen and oxygen atoms in total. The number of aromatic nitrogens is 1. The monoisotopic (exact) mass is 256 g/mol. The maximum atomic E-state index is 6.34. The van der Waals surface area contributed by atoms with Crippen molar-refractivity contribution in [3.8, 4) is 0 Å². The van der Waals surface area contributed by atoms with Gasteiger partial charge in [0.2, 0.25) is 0 Å². The topological polar surface area (TPSA) is 25.2 Å². The molecule has 1 aliphatic heterocycles. The molecule has 0 radical (unpaired) electrons. The van der Waals surface area contributed by atoms with Gasteiger partial charge in [0.25, 0.3) is 0 Å². The fourth-order valence-corrected chi connectivity index (χ4v) is 2.46. The van der Waals surface area contributed by atoms with E-state index in [-0.39, 0.29) is 0 Å². The van der Waals surface area contributed by atoms with E-state index in [4.69, 9.17) is 11.6 Å². The predicted molar refractivity (Wildman–Crippen MR) is 75.0 cm³/mol. The fraction of sp³-hybridized carbons (Fsp3) is 0.200. The Bertz CT molecular complexity index is 591. The molecule has 1 aromatic heterocycles. The van der Waals surface area contributed by atoms with E-state index >= 15 is 0 Å². The summed E-state index contributed by atoms with van der Waals surface area (Å²) >= 11 is 6.34. The maximum absolute atomic E-state index is 6.34. The van der Waals surface area contributed by atoms with Gasteiger partial charge in [-0.15, -0.1) is 0 Å². The van der Waals surface area contributed by atoms with Crippen LogP contribution in [0, 0.1) is 0 Å². The SMILES string of the molecule is Clc1cc2c(cc1Cc1cccnc1)N=CCC2. The van der Waals surface area contributed by atoms with Crippen LogP contribution < -0.4 is 0 Å². The van der Waals surface area contributed by atoms with Crippen molar-refractivity contribution in [3.05, 3.63) is 58.4 Å². The Hall–Kier alpha value is -1.67. The second-order valence-electron chi connectivity index (χ2n) is 4.46. The Morgan fingerprint density at radius 3 is 3.06 bits per heavy atom. The largest absolute Gasteiger partial charge is 0.264 e. The van der Waals surface area contributed by atoms with Gasteiger partial charge >= 0.3 is 0 Å². The minimum Gasteiger partial charge on any atom is -0.264 e. The third-order valence-electron chi connectivity index (χ3n) is 3.14. The van der Waals surface area contributed by atoms with Gasteiger partial charge in [-0.25, -0.2) is 0 Å². The number of nitrogens with zero attached hydrogens (tertiary/aromatic N) is 2. The lowest BCUT2D eigenvalue weighted by molar-refractivity contribution is 1.02. The van der Waals surface area contributed by atoms with Gasteiger partial charge in [0.1, 0.15) is 0 Å². The first kappa shape index (κ1) is 11.4. The van der Waals surface area contributed by atoms with E-state index in [9.17, 15) is 0 Å². The van der Waals surface area contributed by atoms with Crippen LogP contribution in [0.1, 0.15) is 23.1 Å². The highest BCUT2D eigenvalue weighted by Crippen LogP contribution is 2.31. The van der Waals surface area contributed by atoms with Crippen molar-refractivity contribution in [2.75, 3.05) is 0 Å². The summed E-state index contributed by atoms with van der Waals surface area (Å²) in [5.74, 6) is 0. The lowest BCUT2D eigenvalue weighted by Crippen LogP contribution is -1.97. The number of halogens is 1. The molecule has 0 N–H and O–H groups in total. The van der Waals surface area contributed by atoms with Gasteiger partial charge < -0.3 is 0 Å². The number of hydrogen-bond donors (Lipinski definition) is 0. The molecule has 2 aromatic rings. The molecule has 0 unspecified atom stereocenters. The van der Waals surface area contributed by atoms with Crippen LogP contribution in [0.4, 0.5) is 5.69 Å². The summed E-state index contributed by atoms with van der Waals surface area (Å²) in [6.45, 7) is 0. The molecule has 3 rings (SSSR count). The molecule has 1 aromatic carbocycles. The van der Waals surface area contributed by atoms with Crippen LogP contribution in [-0.4, -0.2) is 11.2 Å². The van der Waals surface area contributed by atoms with Gasteiger partial charge in [0.05, 0.1) is 5.69 Å². The van der Waals surface area contributed by atoms with Crippen LogP contribution >= 0.6 is 11.6 Å². The van der Waals surface area contributed by atoms with E-state index in [1.165, 1.54) is 11.1 Å². The molecule has 0 aliphatic carbocycles. The second-order valence-corrected chi connectivity index (χ2v) is 4.87. The smallest absolute Gasteiger partial charge is 0.0661 e. The Kier molecular flexibility index (Phi) is 3.11. The van der Waals surface area contributed by atoms with E-state index in [2.05, 4.69) is 28.2 Å². The third-order valence-corrected chi connectivity index (χ3v) is 3.49. The van der Waals surface area contributed by atoms with Gasteiger partial charge in [-0.1, -0.05) is 17.7 Å². The molecule has 1 aliphatic rings. The van der Waals surface area contributed by atoms with E-state index in [0.29, 0.717) is 0 Å². The summed E-state index contributed by atoms with van der Waals surface area (Å²) in [6.07, 6.45) is 8.47. The second kappa shape index (κ2) is 4.91. The average molecular weight is 257 g/mol. The summed E-state index contributed by atoms with van der Waals surface area (Å²) in [4.78, 5) is 8.56. The molecule has 18 heavy (non-hydrogen) atoms. The zero-order chi connectivity index (χ0) is 12.4. The Labute approximate surface area is 111 Å². The van der Waals surface area contributed by atoms with Crippen LogP contribution in [0.2, 0.25) is 5.02 Å². The van der Waals surface area contributed by atoms with E-state index in [0.717, 1.165) is 35.5 Å². The predicted octanol–water partition coefficient (Wildman–Crippen LogP) is 3.97. The highest BCUT2D eigenvalue weighted by Gasteiger charge is 2.10. The highest BCUT2D eigenvalue weighted by atomic mass is 35.5. The first-order valence-corrected chi connectivity index (χ1v) is 6.43. The van der Waals surface area contributed by atoms with E-state index in [1.54, 1.807) is 6.20 Å². The quantitative estimate of drug-likeness (QED) is 0.798. The van der Waals surface area contributed by atoms with Gasteiger partial charge in [-0.2, -0.15) is 0 Å². The molecule has 2 heterocycles. The lowest BCUT2D eigenvalue weighted by Gasteiger charge is -2.13. The molecule has 0 saturated carbocycles.